The lowest BCUT2D eigenvalue weighted by molar-refractivity contribution is -0.274. The minimum Gasteiger partial charge on any atom is -0.493 e. The first kappa shape index (κ1) is 23.3. The molecule has 2 aromatic rings. The van der Waals surface area contributed by atoms with Crippen LogP contribution in [0.25, 0.3) is 0 Å². The molecule has 0 saturated carbocycles. The zero-order chi connectivity index (χ0) is 22.4. The summed E-state index contributed by atoms with van der Waals surface area (Å²) in [5.74, 6) is -1.36. The topological polar surface area (TPSA) is 101 Å². The predicted octanol–water partition coefficient (Wildman–Crippen LogP) is 2.67. The Bertz CT molecular complexity index is 881. The summed E-state index contributed by atoms with van der Waals surface area (Å²) in [4.78, 5) is 24.1. The van der Waals surface area contributed by atoms with Crippen LogP contribution in [0.4, 0.5) is 13.2 Å². The third-order valence-corrected chi connectivity index (χ3v) is 4.27. The molecule has 3 N–H and O–H groups in total. The molecule has 0 bridgehead atoms. The van der Waals surface area contributed by atoms with Crippen LogP contribution in [0.1, 0.15) is 35.2 Å². The second-order valence-electron chi connectivity index (χ2n) is 6.48. The molecule has 30 heavy (non-hydrogen) atoms. The number of aliphatic hydroxyl groups is 1. The van der Waals surface area contributed by atoms with Crippen LogP contribution in [-0.2, 0) is 10.4 Å². The Hall–Kier alpha value is -3.01. The Kier molecular flexibility index (Phi) is 7.49. The first-order chi connectivity index (χ1) is 14.1. The van der Waals surface area contributed by atoms with Gasteiger partial charge in [-0.1, -0.05) is 12.1 Å². The minimum atomic E-state index is -5.00. The first-order valence-corrected chi connectivity index (χ1v) is 9.21. The van der Waals surface area contributed by atoms with Gasteiger partial charge in [0.1, 0.15) is 17.3 Å². The van der Waals surface area contributed by atoms with Crippen molar-refractivity contribution in [3.05, 3.63) is 53.5 Å². The van der Waals surface area contributed by atoms with Crippen LogP contribution in [0.15, 0.2) is 40.8 Å². The third-order valence-electron chi connectivity index (χ3n) is 4.27. The van der Waals surface area contributed by atoms with Crippen molar-refractivity contribution in [1.82, 2.24) is 10.6 Å². The van der Waals surface area contributed by atoms with Gasteiger partial charge in [-0.25, -0.2) is 0 Å². The van der Waals surface area contributed by atoms with Gasteiger partial charge < -0.3 is 24.9 Å². The van der Waals surface area contributed by atoms with E-state index in [4.69, 9.17) is 9.15 Å². The molecule has 0 aliphatic rings. The maximum Gasteiger partial charge on any atom is 0.424 e. The number of carbonyl (C=O) groups excluding carboxylic acids is 2. The Morgan fingerprint density at radius 3 is 2.43 bits per heavy atom. The summed E-state index contributed by atoms with van der Waals surface area (Å²) in [6.45, 7) is 2.62. The predicted molar refractivity (Wildman–Crippen MR) is 101 cm³/mol. The van der Waals surface area contributed by atoms with E-state index in [1.165, 1.54) is 19.1 Å². The number of aryl methyl sites for hydroxylation is 1. The van der Waals surface area contributed by atoms with Crippen LogP contribution in [-0.4, -0.2) is 42.8 Å². The lowest BCUT2D eigenvalue weighted by atomic mass is 9.95. The molecule has 1 aromatic carbocycles. The molecule has 1 atom stereocenters. The maximum absolute atomic E-state index is 13.4. The van der Waals surface area contributed by atoms with Gasteiger partial charge in [0.25, 0.3) is 5.91 Å². The van der Waals surface area contributed by atoms with Crippen LogP contribution < -0.4 is 15.4 Å². The minimum absolute atomic E-state index is 0.215. The molecule has 10 heteroatoms. The monoisotopic (exact) mass is 428 g/mol. The fourth-order valence-electron chi connectivity index (χ4n) is 2.70. The standard InChI is InChI=1S/C20H23F3N2O5/c1-3-29-15-7-5-4-6-14(15)18(27)25-12-17(26)24-11-10-19(28,20(21,22)23)16-9-8-13(2)30-16/h4-9,28H,3,10-12H2,1-2H3,(H,24,26)(H,25,27)/t19-/m1/s1. The first-order valence-electron chi connectivity index (χ1n) is 9.21. The maximum atomic E-state index is 13.4. The van der Waals surface area contributed by atoms with Crippen LogP contribution in [0.2, 0.25) is 0 Å². The van der Waals surface area contributed by atoms with E-state index in [9.17, 15) is 27.9 Å². The SMILES string of the molecule is CCOc1ccccc1C(=O)NCC(=O)NCC[C@@](O)(c1ccc(C)o1)C(F)(F)F. The number of hydrogen-bond donors (Lipinski definition) is 3. The zero-order valence-corrected chi connectivity index (χ0v) is 16.5. The molecule has 0 spiro atoms. The molecule has 7 nitrogen and oxygen atoms in total. The Morgan fingerprint density at radius 2 is 1.83 bits per heavy atom. The summed E-state index contributed by atoms with van der Waals surface area (Å²) < 4.78 is 50.4. The average Bonchev–Trinajstić information content (AvgIpc) is 3.12. The number of rotatable bonds is 9. The number of para-hydroxylation sites is 1. The van der Waals surface area contributed by atoms with E-state index >= 15 is 0 Å². The molecule has 2 amide bonds. The number of halogens is 3. The van der Waals surface area contributed by atoms with Crippen molar-refractivity contribution in [2.45, 2.75) is 32.0 Å². The Morgan fingerprint density at radius 1 is 1.13 bits per heavy atom. The molecule has 0 saturated heterocycles. The van der Waals surface area contributed by atoms with E-state index in [0.717, 1.165) is 6.07 Å². The smallest absolute Gasteiger partial charge is 0.424 e. The van der Waals surface area contributed by atoms with E-state index in [1.807, 2.05) is 0 Å². The van der Waals surface area contributed by atoms with Crippen LogP contribution in [0.5, 0.6) is 5.75 Å². The number of carbonyl (C=O) groups is 2. The van der Waals surface area contributed by atoms with Crippen LogP contribution in [0.3, 0.4) is 0 Å². The zero-order valence-electron chi connectivity index (χ0n) is 16.5. The fourth-order valence-corrected chi connectivity index (χ4v) is 2.70. The number of benzene rings is 1. The highest BCUT2D eigenvalue weighted by Gasteiger charge is 2.56. The summed E-state index contributed by atoms with van der Waals surface area (Å²) in [6, 6.07) is 8.80. The second kappa shape index (κ2) is 9.66. The summed E-state index contributed by atoms with van der Waals surface area (Å²) >= 11 is 0. The van der Waals surface area contributed by atoms with Gasteiger partial charge in [0.2, 0.25) is 11.5 Å². The van der Waals surface area contributed by atoms with Gasteiger partial charge in [-0.3, -0.25) is 9.59 Å². The van der Waals surface area contributed by atoms with Gasteiger partial charge in [0.15, 0.2) is 0 Å². The van der Waals surface area contributed by atoms with Crippen molar-refractivity contribution in [1.29, 1.82) is 0 Å². The van der Waals surface area contributed by atoms with E-state index in [2.05, 4.69) is 10.6 Å². The molecule has 0 unspecified atom stereocenters. The molecule has 0 aliphatic heterocycles. The Labute approximate surface area is 171 Å². The van der Waals surface area contributed by atoms with Gasteiger partial charge in [0.05, 0.1) is 18.7 Å². The van der Waals surface area contributed by atoms with Gasteiger partial charge in [0, 0.05) is 13.0 Å². The molecule has 1 aromatic heterocycles. The van der Waals surface area contributed by atoms with Crippen LogP contribution >= 0.6 is 0 Å². The average molecular weight is 428 g/mol. The van der Waals surface area contributed by atoms with Gasteiger partial charge in [-0.05, 0) is 38.1 Å². The van der Waals surface area contributed by atoms with Crippen LogP contribution in [0, 0.1) is 6.92 Å². The number of hydrogen-bond acceptors (Lipinski definition) is 5. The largest absolute Gasteiger partial charge is 0.493 e. The highest BCUT2D eigenvalue weighted by Crippen LogP contribution is 2.41. The second-order valence-corrected chi connectivity index (χ2v) is 6.48. The van der Waals surface area contributed by atoms with E-state index in [1.54, 1.807) is 25.1 Å². The summed E-state index contributed by atoms with van der Waals surface area (Å²) in [5.41, 5.74) is -3.01. The molecule has 164 valence electrons. The number of furan rings is 1. The highest BCUT2D eigenvalue weighted by atomic mass is 19.4. The van der Waals surface area contributed by atoms with E-state index in [0.29, 0.717) is 12.4 Å². The molecule has 2 rings (SSSR count). The van der Waals surface area contributed by atoms with E-state index < -0.39 is 48.9 Å². The molecule has 1 heterocycles. The van der Waals surface area contributed by atoms with Gasteiger partial charge in [-0.15, -0.1) is 0 Å². The van der Waals surface area contributed by atoms with E-state index in [-0.39, 0.29) is 11.3 Å². The normalized spacial score (nSPS) is 13.4. The third kappa shape index (κ3) is 5.53. The summed E-state index contributed by atoms with van der Waals surface area (Å²) in [7, 11) is 0. The van der Waals surface area contributed by atoms with Crippen molar-refractivity contribution < 1.29 is 37.0 Å². The summed E-state index contributed by atoms with van der Waals surface area (Å²) in [6.07, 6.45) is -5.85. The molecular formula is C20H23F3N2O5. The number of ether oxygens (including phenoxy) is 1. The fraction of sp³-hybridized carbons (Fsp3) is 0.400. The van der Waals surface area contributed by atoms with Gasteiger partial charge in [-0.2, -0.15) is 13.2 Å². The molecule has 0 fully saturated rings. The molecular weight excluding hydrogens is 405 g/mol. The summed E-state index contributed by atoms with van der Waals surface area (Å²) in [5, 5.41) is 14.8. The number of nitrogens with one attached hydrogen (secondary N) is 2. The van der Waals surface area contributed by atoms with Gasteiger partial charge >= 0.3 is 6.18 Å². The number of amides is 2. The Balaban J connectivity index is 1.90. The van der Waals surface area contributed by atoms with Crippen molar-refractivity contribution in [3.63, 3.8) is 0 Å². The molecule has 0 radical (unpaired) electrons. The van der Waals surface area contributed by atoms with Crippen molar-refractivity contribution >= 4 is 11.8 Å². The highest BCUT2D eigenvalue weighted by molar-refractivity contribution is 5.98. The van der Waals surface area contributed by atoms with Crippen molar-refractivity contribution in [2.75, 3.05) is 19.7 Å². The quantitative estimate of drug-likeness (QED) is 0.570. The lowest BCUT2D eigenvalue weighted by Gasteiger charge is -2.28. The lowest BCUT2D eigenvalue weighted by Crippen LogP contribution is -2.45. The van der Waals surface area contributed by atoms with Crippen molar-refractivity contribution in [3.8, 4) is 5.75 Å². The number of alkyl halides is 3. The van der Waals surface area contributed by atoms with Crippen molar-refractivity contribution in [2.24, 2.45) is 0 Å². The molecule has 0 aliphatic carbocycles.